The van der Waals surface area contributed by atoms with Gasteiger partial charge in [-0.1, -0.05) is 0 Å². The molecule has 0 heterocycles. The number of hydrogen-bond acceptors (Lipinski definition) is 2. The van der Waals surface area contributed by atoms with Crippen molar-refractivity contribution in [3.63, 3.8) is 0 Å². The van der Waals surface area contributed by atoms with Crippen molar-refractivity contribution < 1.29 is 17.6 Å². The summed E-state index contributed by atoms with van der Waals surface area (Å²) >= 11 is 0. The Morgan fingerprint density at radius 1 is 1.40 bits per heavy atom. The predicted molar refractivity (Wildman–Crippen MR) is 37.1 cm³/mol. The lowest BCUT2D eigenvalue weighted by atomic mass is 9.79. The predicted octanol–water partition coefficient (Wildman–Crippen LogP) is 2.17. The van der Waals surface area contributed by atoms with Crippen molar-refractivity contribution in [2.45, 2.75) is 19.3 Å². The molecular formula is C4H9BF2O2P. The molecule has 0 fully saturated rings. The molecule has 1 radical (unpaired) electrons. The van der Waals surface area contributed by atoms with E-state index in [1.165, 1.54) is 7.11 Å². The minimum absolute atomic E-state index is 0.737. The van der Waals surface area contributed by atoms with E-state index in [1.807, 2.05) is 0 Å². The van der Waals surface area contributed by atoms with E-state index in [0.717, 1.165) is 7.48 Å². The van der Waals surface area contributed by atoms with Gasteiger partial charge < -0.3 is 9.18 Å². The molecule has 0 saturated carbocycles. The van der Waals surface area contributed by atoms with Crippen molar-refractivity contribution in [3.05, 3.63) is 0 Å². The standard InChI is InChI=1S/C4H9BF2O2P/c1-4(2,8-3)5-9-10(6)7/h1-3H3. The fourth-order valence-electron chi connectivity index (χ4n) is 0.215. The molecule has 0 N–H and O–H groups in total. The Labute approximate surface area is 61.2 Å². The fourth-order valence-corrected chi connectivity index (χ4v) is 0.548. The van der Waals surface area contributed by atoms with E-state index < -0.39 is 14.3 Å². The van der Waals surface area contributed by atoms with Gasteiger partial charge in [0.05, 0.1) is 5.50 Å². The highest BCUT2D eigenvalue weighted by molar-refractivity contribution is 7.42. The van der Waals surface area contributed by atoms with Crippen LogP contribution in [0.25, 0.3) is 0 Å². The highest BCUT2D eigenvalue weighted by Gasteiger charge is 2.22. The van der Waals surface area contributed by atoms with Crippen LogP contribution in [0.1, 0.15) is 13.8 Å². The summed E-state index contributed by atoms with van der Waals surface area (Å²) in [5.74, 6) is 0. The molecule has 0 rings (SSSR count). The largest absolute Gasteiger partial charge is 0.399 e. The van der Waals surface area contributed by atoms with Gasteiger partial charge in [-0.2, -0.15) is 8.39 Å². The van der Waals surface area contributed by atoms with Gasteiger partial charge in [0.2, 0.25) is 0 Å². The zero-order chi connectivity index (χ0) is 8.20. The van der Waals surface area contributed by atoms with Crippen molar-refractivity contribution in [2.75, 3.05) is 7.11 Å². The third kappa shape index (κ3) is 5.09. The summed E-state index contributed by atoms with van der Waals surface area (Å²) in [6.07, 6.45) is 0. The molecule has 0 atom stereocenters. The maximum Gasteiger partial charge on any atom is 0.399 e. The van der Waals surface area contributed by atoms with Crippen molar-refractivity contribution >= 4 is 16.3 Å². The summed E-state index contributed by atoms with van der Waals surface area (Å²) < 4.78 is 31.7. The van der Waals surface area contributed by atoms with Crippen LogP contribution in [-0.2, 0) is 9.18 Å². The summed E-state index contributed by atoms with van der Waals surface area (Å²) in [7, 11) is -0.878. The lowest BCUT2D eigenvalue weighted by Crippen LogP contribution is -2.31. The normalized spacial score (nSPS) is 12.2. The molecular weight excluding hydrogens is 160 g/mol. The molecule has 0 saturated heterocycles. The first kappa shape index (κ1) is 10.3. The molecule has 0 aliphatic rings. The molecule has 0 aromatic rings. The third-order valence-electron chi connectivity index (χ3n) is 0.942. The molecule has 10 heavy (non-hydrogen) atoms. The van der Waals surface area contributed by atoms with Crippen molar-refractivity contribution in [2.24, 2.45) is 0 Å². The van der Waals surface area contributed by atoms with Crippen LogP contribution in [0, 0.1) is 0 Å². The van der Waals surface area contributed by atoms with Gasteiger partial charge in [-0.25, -0.2) is 0 Å². The molecule has 59 valence electrons. The maximum atomic E-state index is 11.5. The summed E-state index contributed by atoms with van der Waals surface area (Å²) in [5, 5.41) is 0. The number of methoxy groups -OCH3 is 1. The molecule has 0 aliphatic heterocycles. The molecule has 0 bridgehead atoms. The van der Waals surface area contributed by atoms with Gasteiger partial charge >= 0.3 is 16.3 Å². The molecule has 2 nitrogen and oxygen atoms in total. The summed E-state index contributed by atoms with van der Waals surface area (Å²) in [4.78, 5) is 0. The van der Waals surface area contributed by atoms with E-state index in [1.54, 1.807) is 13.8 Å². The average Bonchev–Trinajstić information content (AvgIpc) is 1.85. The van der Waals surface area contributed by atoms with Crippen LogP contribution >= 0.6 is 8.77 Å². The van der Waals surface area contributed by atoms with Gasteiger partial charge in [0.15, 0.2) is 0 Å². The van der Waals surface area contributed by atoms with E-state index in [2.05, 4.69) is 4.44 Å². The smallest absolute Gasteiger partial charge is 0.385 e. The van der Waals surface area contributed by atoms with Crippen molar-refractivity contribution in [1.82, 2.24) is 0 Å². The summed E-state index contributed by atoms with van der Waals surface area (Å²) in [6, 6.07) is 0. The Hall–Kier alpha value is 0.275. The Kier molecular flexibility index (Phi) is 4.33. The SMILES string of the molecule is COC(C)(C)[B]OP(F)F. The first-order chi connectivity index (χ1) is 4.48. The fraction of sp³-hybridized carbons (Fsp3) is 1.00. The zero-order valence-electron chi connectivity index (χ0n) is 6.10. The highest BCUT2D eigenvalue weighted by Crippen LogP contribution is 2.39. The summed E-state index contributed by atoms with van der Waals surface area (Å²) in [5.41, 5.74) is -0.737. The number of ether oxygens (including phenoxy) is 1. The minimum Gasteiger partial charge on any atom is -0.385 e. The van der Waals surface area contributed by atoms with Crippen LogP contribution in [0.2, 0.25) is 0 Å². The zero-order valence-corrected chi connectivity index (χ0v) is 6.99. The van der Waals surface area contributed by atoms with E-state index in [4.69, 9.17) is 4.74 Å². The maximum absolute atomic E-state index is 11.5. The van der Waals surface area contributed by atoms with Gasteiger partial charge in [-0.15, -0.1) is 0 Å². The molecule has 0 aromatic heterocycles. The molecule has 6 heteroatoms. The van der Waals surface area contributed by atoms with E-state index in [0.29, 0.717) is 0 Å². The molecule has 0 unspecified atom stereocenters. The minimum atomic E-state index is -3.31. The van der Waals surface area contributed by atoms with Gasteiger partial charge in [-0.3, -0.25) is 0 Å². The first-order valence-electron chi connectivity index (χ1n) is 2.66. The molecule has 0 aliphatic carbocycles. The Morgan fingerprint density at radius 3 is 2.20 bits per heavy atom. The number of halogens is 2. The third-order valence-corrected chi connectivity index (χ3v) is 1.21. The lowest BCUT2D eigenvalue weighted by Gasteiger charge is -2.19. The highest BCUT2D eigenvalue weighted by atomic mass is 31.2. The molecule has 0 amide bonds. The number of hydrogen-bond donors (Lipinski definition) is 0. The van der Waals surface area contributed by atoms with Crippen LogP contribution in [-0.4, -0.2) is 20.1 Å². The van der Waals surface area contributed by atoms with Crippen LogP contribution in [0.3, 0.4) is 0 Å². The van der Waals surface area contributed by atoms with Gasteiger partial charge in [-0.05, 0) is 13.8 Å². The van der Waals surface area contributed by atoms with Crippen LogP contribution in [0.15, 0.2) is 0 Å². The Morgan fingerprint density at radius 2 is 1.90 bits per heavy atom. The topological polar surface area (TPSA) is 18.5 Å². The van der Waals surface area contributed by atoms with Gasteiger partial charge in [0.25, 0.3) is 0 Å². The Balaban J connectivity index is 3.46. The average molecular weight is 169 g/mol. The summed E-state index contributed by atoms with van der Waals surface area (Å²) in [6.45, 7) is 3.26. The quantitative estimate of drug-likeness (QED) is 0.474. The molecule has 0 aromatic carbocycles. The van der Waals surface area contributed by atoms with Crippen LogP contribution in [0.4, 0.5) is 8.39 Å². The first-order valence-corrected chi connectivity index (χ1v) is 3.70. The van der Waals surface area contributed by atoms with Gasteiger partial charge in [0.1, 0.15) is 0 Å². The van der Waals surface area contributed by atoms with E-state index in [-0.39, 0.29) is 0 Å². The molecule has 0 spiro atoms. The van der Waals surface area contributed by atoms with Crippen LogP contribution in [0.5, 0.6) is 0 Å². The van der Waals surface area contributed by atoms with Crippen molar-refractivity contribution in [3.8, 4) is 0 Å². The number of rotatable bonds is 4. The van der Waals surface area contributed by atoms with E-state index in [9.17, 15) is 8.39 Å². The monoisotopic (exact) mass is 169 g/mol. The second-order valence-corrected chi connectivity index (χ2v) is 2.85. The van der Waals surface area contributed by atoms with Gasteiger partial charge in [0, 0.05) is 7.11 Å². The van der Waals surface area contributed by atoms with Crippen LogP contribution < -0.4 is 0 Å². The lowest BCUT2D eigenvalue weighted by molar-refractivity contribution is 0.0841. The Bertz CT molecular complexity index is 101. The second-order valence-electron chi connectivity index (χ2n) is 2.23. The van der Waals surface area contributed by atoms with E-state index >= 15 is 0 Å². The van der Waals surface area contributed by atoms with Crippen molar-refractivity contribution in [1.29, 1.82) is 0 Å². The second kappa shape index (κ2) is 4.22.